The molecule has 1 radical (unpaired) electrons. The summed E-state index contributed by atoms with van der Waals surface area (Å²) in [5.74, 6) is -1.42. The summed E-state index contributed by atoms with van der Waals surface area (Å²) in [5, 5.41) is 2.37. The summed E-state index contributed by atoms with van der Waals surface area (Å²) in [6.07, 6.45) is -3.39. The molecule has 0 bridgehead atoms. The van der Waals surface area contributed by atoms with Crippen molar-refractivity contribution in [2.45, 2.75) is 13.1 Å². The zero-order valence-corrected chi connectivity index (χ0v) is 15.6. The second kappa shape index (κ2) is 8.02. The summed E-state index contributed by atoms with van der Waals surface area (Å²) >= 11 is 0. The standard InChI is InChI=1S/C21H15F4N2O3/c1-12-9-14(22)4-6-17(12)30-18-5-3-13(21(23,24)25)10-16(18)20(29)26-15-7-8-27(2)19(28)11-15/h3-11H,2H2,1H3,(H,26,29). The van der Waals surface area contributed by atoms with Crippen LogP contribution >= 0.6 is 0 Å². The number of aryl methyl sites for hydroxylation is 1. The molecule has 2 aromatic carbocycles. The summed E-state index contributed by atoms with van der Waals surface area (Å²) in [4.78, 5) is 24.4. The number of rotatable bonds is 4. The fraction of sp³-hybridized carbons (Fsp3) is 0.0952. The highest BCUT2D eigenvalue weighted by atomic mass is 19.4. The SMILES string of the molecule is [CH2]n1ccc(NC(=O)c2cc(C(F)(F)F)ccc2Oc2ccc(F)cc2C)cc1=O. The number of carbonyl (C=O) groups excluding carboxylic acids is 1. The fourth-order valence-corrected chi connectivity index (χ4v) is 2.60. The van der Waals surface area contributed by atoms with Crippen molar-refractivity contribution >= 4 is 11.6 Å². The number of halogens is 4. The third-order valence-corrected chi connectivity index (χ3v) is 4.16. The van der Waals surface area contributed by atoms with E-state index in [2.05, 4.69) is 12.4 Å². The van der Waals surface area contributed by atoms with Gasteiger partial charge >= 0.3 is 6.18 Å². The summed E-state index contributed by atoms with van der Waals surface area (Å²) < 4.78 is 59.4. The average Bonchev–Trinajstić information content (AvgIpc) is 2.66. The van der Waals surface area contributed by atoms with Crippen molar-refractivity contribution in [1.29, 1.82) is 0 Å². The van der Waals surface area contributed by atoms with Crippen molar-refractivity contribution in [3.05, 3.63) is 94.6 Å². The van der Waals surface area contributed by atoms with Gasteiger partial charge in [-0.15, -0.1) is 0 Å². The highest BCUT2D eigenvalue weighted by molar-refractivity contribution is 6.06. The smallest absolute Gasteiger partial charge is 0.416 e. The first kappa shape index (κ1) is 21.1. The molecule has 3 rings (SSSR count). The first-order valence-corrected chi connectivity index (χ1v) is 8.55. The second-order valence-electron chi connectivity index (χ2n) is 6.40. The Balaban J connectivity index is 2.01. The summed E-state index contributed by atoms with van der Waals surface area (Å²) in [5.41, 5.74) is -1.52. The molecular formula is C21H15F4N2O3. The third kappa shape index (κ3) is 4.68. The van der Waals surface area contributed by atoms with E-state index in [0.29, 0.717) is 11.6 Å². The van der Waals surface area contributed by atoms with E-state index in [1.165, 1.54) is 24.4 Å². The van der Waals surface area contributed by atoms with Gasteiger partial charge in [0.2, 0.25) is 0 Å². The molecule has 0 spiro atoms. The molecule has 5 nitrogen and oxygen atoms in total. The van der Waals surface area contributed by atoms with E-state index in [-0.39, 0.29) is 17.2 Å². The monoisotopic (exact) mass is 419 g/mol. The maximum absolute atomic E-state index is 13.3. The van der Waals surface area contributed by atoms with E-state index in [9.17, 15) is 27.2 Å². The van der Waals surface area contributed by atoms with Gasteiger partial charge in [0.1, 0.15) is 17.3 Å². The van der Waals surface area contributed by atoms with Crippen molar-refractivity contribution in [3.63, 3.8) is 0 Å². The van der Waals surface area contributed by atoms with Gasteiger partial charge in [0, 0.05) is 25.0 Å². The Labute approximate surface area is 168 Å². The molecular weight excluding hydrogens is 404 g/mol. The Bertz CT molecular complexity index is 1170. The highest BCUT2D eigenvalue weighted by Crippen LogP contribution is 2.35. The fourth-order valence-electron chi connectivity index (χ4n) is 2.60. The van der Waals surface area contributed by atoms with Gasteiger partial charge < -0.3 is 14.6 Å². The summed E-state index contributed by atoms with van der Waals surface area (Å²) in [7, 11) is 3.43. The number of benzene rings is 2. The number of amides is 1. The van der Waals surface area contributed by atoms with Crippen LogP contribution in [-0.2, 0) is 6.18 Å². The maximum atomic E-state index is 13.3. The number of nitrogens with one attached hydrogen (secondary N) is 1. The molecule has 9 heteroatoms. The number of nitrogens with zero attached hydrogens (tertiary/aromatic N) is 1. The Morgan fingerprint density at radius 3 is 2.40 bits per heavy atom. The number of pyridine rings is 1. The number of aromatic nitrogens is 1. The lowest BCUT2D eigenvalue weighted by molar-refractivity contribution is -0.137. The molecule has 30 heavy (non-hydrogen) atoms. The predicted octanol–water partition coefficient (Wildman–Crippen LogP) is 5.00. The van der Waals surface area contributed by atoms with Crippen LogP contribution in [0.4, 0.5) is 23.2 Å². The lowest BCUT2D eigenvalue weighted by atomic mass is 10.1. The highest BCUT2D eigenvalue weighted by Gasteiger charge is 2.32. The molecule has 1 heterocycles. The molecule has 1 amide bonds. The number of hydrogen-bond acceptors (Lipinski definition) is 3. The van der Waals surface area contributed by atoms with Crippen LogP contribution in [0.3, 0.4) is 0 Å². The largest absolute Gasteiger partial charge is 0.456 e. The van der Waals surface area contributed by atoms with Crippen LogP contribution in [0.25, 0.3) is 0 Å². The molecule has 0 aliphatic carbocycles. The summed E-state index contributed by atoms with van der Waals surface area (Å²) in [6.45, 7) is 1.55. The van der Waals surface area contributed by atoms with Gasteiger partial charge in [-0.05, 0) is 55.0 Å². The van der Waals surface area contributed by atoms with Crippen LogP contribution in [0.1, 0.15) is 21.5 Å². The van der Waals surface area contributed by atoms with Gasteiger partial charge in [-0.2, -0.15) is 13.2 Å². The molecule has 0 aliphatic rings. The first-order chi connectivity index (χ1) is 14.0. The lowest BCUT2D eigenvalue weighted by Gasteiger charge is -2.15. The molecule has 1 aromatic heterocycles. The molecule has 0 saturated heterocycles. The minimum absolute atomic E-state index is 0.0752. The van der Waals surface area contributed by atoms with Crippen molar-refractivity contribution < 1.29 is 27.1 Å². The zero-order chi connectivity index (χ0) is 22.1. The van der Waals surface area contributed by atoms with Gasteiger partial charge in [0.05, 0.1) is 11.1 Å². The molecule has 0 atom stereocenters. The van der Waals surface area contributed by atoms with E-state index in [0.717, 1.165) is 28.8 Å². The molecule has 0 aliphatic heterocycles. The van der Waals surface area contributed by atoms with Gasteiger partial charge in [0.25, 0.3) is 11.5 Å². The van der Waals surface area contributed by atoms with Crippen molar-refractivity contribution in [3.8, 4) is 11.5 Å². The minimum Gasteiger partial charge on any atom is -0.456 e. The summed E-state index contributed by atoms with van der Waals surface area (Å²) in [6, 6.07) is 8.48. The van der Waals surface area contributed by atoms with Crippen molar-refractivity contribution in [1.82, 2.24) is 4.57 Å². The average molecular weight is 419 g/mol. The Kier molecular flexibility index (Phi) is 5.64. The van der Waals surface area contributed by atoms with Crippen LogP contribution in [0.2, 0.25) is 0 Å². The van der Waals surface area contributed by atoms with E-state index in [4.69, 9.17) is 4.74 Å². The molecule has 0 fully saturated rings. The van der Waals surface area contributed by atoms with Gasteiger partial charge in [0.15, 0.2) is 0 Å². The van der Waals surface area contributed by atoms with Crippen molar-refractivity contribution in [2.24, 2.45) is 0 Å². The lowest BCUT2D eigenvalue weighted by Crippen LogP contribution is -2.18. The van der Waals surface area contributed by atoms with E-state index >= 15 is 0 Å². The van der Waals surface area contributed by atoms with Gasteiger partial charge in [-0.25, -0.2) is 4.39 Å². The van der Waals surface area contributed by atoms with E-state index in [1.807, 2.05) is 0 Å². The van der Waals surface area contributed by atoms with Crippen LogP contribution in [0, 0.1) is 19.8 Å². The Morgan fingerprint density at radius 1 is 1.07 bits per heavy atom. The number of hydrogen-bond donors (Lipinski definition) is 1. The number of alkyl halides is 3. The third-order valence-electron chi connectivity index (χ3n) is 4.16. The molecule has 1 N–H and O–H groups in total. The quantitative estimate of drug-likeness (QED) is 0.606. The minimum atomic E-state index is -4.69. The van der Waals surface area contributed by atoms with Crippen LogP contribution in [0.15, 0.2) is 59.5 Å². The normalized spacial score (nSPS) is 11.3. The van der Waals surface area contributed by atoms with Crippen LogP contribution < -0.4 is 15.6 Å². The van der Waals surface area contributed by atoms with Crippen molar-refractivity contribution in [2.75, 3.05) is 5.32 Å². The number of carbonyl (C=O) groups is 1. The Hall–Kier alpha value is -3.62. The topological polar surface area (TPSA) is 60.3 Å². The van der Waals surface area contributed by atoms with Crippen LogP contribution in [0.5, 0.6) is 11.5 Å². The molecule has 155 valence electrons. The second-order valence-corrected chi connectivity index (χ2v) is 6.40. The predicted molar refractivity (Wildman–Crippen MR) is 102 cm³/mol. The number of ether oxygens (including phenoxy) is 1. The van der Waals surface area contributed by atoms with E-state index < -0.39 is 34.6 Å². The van der Waals surface area contributed by atoms with Crippen LogP contribution in [-0.4, -0.2) is 10.5 Å². The van der Waals surface area contributed by atoms with Gasteiger partial charge in [-0.3, -0.25) is 9.59 Å². The molecule has 3 aromatic rings. The number of anilines is 1. The maximum Gasteiger partial charge on any atom is 0.416 e. The van der Waals surface area contributed by atoms with Gasteiger partial charge in [-0.1, -0.05) is 0 Å². The molecule has 0 saturated carbocycles. The first-order valence-electron chi connectivity index (χ1n) is 8.55. The molecule has 0 unspecified atom stereocenters. The zero-order valence-electron chi connectivity index (χ0n) is 15.6. The van der Waals surface area contributed by atoms with E-state index in [1.54, 1.807) is 6.92 Å². The Morgan fingerprint density at radius 2 is 1.77 bits per heavy atom.